The Labute approximate surface area is 97.7 Å². The molecule has 0 N–H and O–H groups in total. The van der Waals surface area contributed by atoms with Crippen molar-refractivity contribution < 1.29 is 4.79 Å². The van der Waals surface area contributed by atoms with E-state index >= 15 is 0 Å². The number of benzene rings is 1. The Hall–Kier alpha value is -0.790. The molecule has 2 aliphatic carbocycles. The summed E-state index contributed by atoms with van der Waals surface area (Å²) in [7, 11) is 0. The zero-order valence-corrected chi connectivity index (χ0v) is 9.29. The number of Topliss-reactive ketones (excluding diaryl/α,β-unsaturated/α-hetero) is 1. The number of halogens is 2. The number of allylic oxidation sites excluding steroid dienone is 1. The zero-order valence-electron chi connectivity index (χ0n) is 7.78. The Morgan fingerprint density at radius 3 is 2.73 bits per heavy atom. The summed E-state index contributed by atoms with van der Waals surface area (Å²) < 4.78 is -1.23. The van der Waals surface area contributed by atoms with Gasteiger partial charge in [-0.25, -0.2) is 0 Å². The number of rotatable bonds is 0. The molecular formula is C12H8Cl2O. The fraction of sp³-hybridized carbons (Fsp3) is 0.250. The maximum Gasteiger partial charge on any atom is 0.184 e. The third kappa shape index (κ3) is 1.08. The third-order valence-electron chi connectivity index (χ3n) is 3.20. The Balaban J connectivity index is 2.16. The Bertz CT molecular complexity index is 476. The van der Waals surface area contributed by atoms with Gasteiger partial charge in [0.25, 0.3) is 0 Å². The van der Waals surface area contributed by atoms with Gasteiger partial charge in [0, 0.05) is 11.8 Å². The van der Waals surface area contributed by atoms with Crippen LogP contribution in [0.25, 0.3) is 6.08 Å². The van der Waals surface area contributed by atoms with Gasteiger partial charge in [0.15, 0.2) is 10.1 Å². The molecule has 2 aliphatic rings. The van der Waals surface area contributed by atoms with E-state index in [-0.39, 0.29) is 17.6 Å². The highest BCUT2D eigenvalue weighted by molar-refractivity contribution is 6.61. The van der Waals surface area contributed by atoms with E-state index in [1.807, 2.05) is 36.4 Å². The molecule has 0 heterocycles. The minimum Gasteiger partial charge on any atom is -0.296 e. The molecule has 0 aliphatic heterocycles. The van der Waals surface area contributed by atoms with Gasteiger partial charge in [-0.05, 0) is 11.1 Å². The molecule has 0 spiro atoms. The fourth-order valence-electron chi connectivity index (χ4n) is 2.40. The van der Waals surface area contributed by atoms with Crippen LogP contribution in [0, 0.1) is 5.92 Å². The van der Waals surface area contributed by atoms with E-state index in [1.54, 1.807) is 0 Å². The molecule has 0 bridgehead atoms. The van der Waals surface area contributed by atoms with Gasteiger partial charge in [0.05, 0.1) is 0 Å². The maximum atomic E-state index is 11.6. The van der Waals surface area contributed by atoms with Gasteiger partial charge < -0.3 is 0 Å². The standard InChI is InChI=1S/C12H8Cl2O/c13-12(14)10-8-4-2-1-3-7(8)5-6-9(10)11(12)15/h1-6,9-10H. The summed E-state index contributed by atoms with van der Waals surface area (Å²) in [5, 5.41) is 0. The lowest BCUT2D eigenvalue weighted by atomic mass is 9.64. The highest BCUT2D eigenvalue weighted by atomic mass is 35.5. The van der Waals surface area contributed by atoms with Crippen molar-refractivity contribution in [1.29, 1.82) is 0 Å². The van der Waals surface area contributed by atoms with E-state index in [4.69, 9.17) is 23.2 Å². The predicted octanol–water partition coefficient (Wildman–Crippen LogP) is 3.17. The average molecular weight is 239 g/mol. The molecule has 15 heavy (non-hydrogen) atoms. The Morgan fingerprint density at radius 1 is 1.20 bits per heavy atom. The van der Waals surface area contributed by atoms with Crippen LogP contribution in [0.1, 0.15) is 17.0 Å². The molecule has 76 valence electrons. The summed E-state index contributed by atoms with van der Waals surface area (Å²) in [6, 6.07) is 7.91. The first-order valence-electron chi connectivity index (χ1n) is 4.81. The van der Waals surface area contributed by atoms with Crippen molar-refractivity contribution in [3.05, 3.63) is 41.5 Å². The van der Waals surface area contributed by atoms with E-state index in [0.717, 1.165) is 11.1 Å². The summed E-state index contributed by atoms with van der Waals surface area (Å²) in [6.45, 7) is 0. The van der Waals surface area contributed by atoms with Crippen LogP contribution in [-0.2, 0) is 4.79 Å². The number of hydrogen-bond donors (Lipinski definition) is 0. The van der Waals surface area contributed by atoms with Gasteiger partial charge in [-0.1, -0.05) is 59.6 Å². The van der Waals surface area contributed by atoms with Crippen molar-refractivity contribution in [3.63, 3.8) is 0 Å². The Kier molecular flexibility index (Phi) is 1.80. The maximum absolute atomic E-state index is 11.6. The normalized spacial score (nSPS) is 30.4. The molecule has 0 radical (unpaired) electrons. The van der Waals surface area contributed by atoms with Crippen molar-refractivity contribution in [2.75, 3.05) is 0 Å². The largest absolute Gasteiger partial charge is 0.296 e. The molecule has 2 unspecified atom stereocenters. The molecule has 0 saturated heterocycles. The van der Waals surface area contributed by atoms with E-state index < -0.39 is 4.33 Å². The quantitative estimate of drug-likeness (QED) is 0.635. The SMILES string of the molecule is O=C1C2C=Cc3ccccc3C2C1(Cl)Cl. The highest BCUT2D eigenvalue weighted by Crippen LogP contribution is 2.57. The smallest absolute Gasteiger partial charge is 0.184 e. The molecule has 0 aromatic heterocycles. The minimum absolute atomic E-state index is 0.0745. The number of carbonyl (C=O) groups excluding carboxylic acids is 1. The first-order valence-corrected chi connectivity index (χ1v) is 5.57. The lowest BCUT2D eigenvalue weighted by molar-refractivity contribution is -0.129. The monoisotopic (exact) mass is 238 g/mol. The van der Waals surface area contributed by atoms with Crippen molar-refractivity contribution in [1.82, 2.24) is 0 Å². The lowest BCUT2D eigenvalue weighted by Crippen LogP contribution is -2.54. The van der Waals surface area contributed by atoms with E-state index in [9.17, 15) is 4.79 Å². The molecule has 1 nitrogen and oxygen atoms in total. The molecule has 1 fully saturated rings. The third-order valence-corrected chi connectivity index (χ3v) is 4.04. The molecule has 2 atom stereocenters. The molecule has 1 aromatic carbocycles. The summed E-state index contributed by atoms with van der Waals surface area (Å²) in [6.07, 6.45) is 3.87. The Morgan fingerprint density at radius 2 is 1.93 bits per heavy atom. The molecule has 3 heteroatoms. The molecule has 3 rings (SSSR count). The van der Waals surface area contributed by atoms with Crippen LogP contribution >= 0.6 is 23.2 Å². The summed E-state index contributed by atoms with van der Waals surface area (Å²) in [5.74, 6) is -0.286. The first-order chi connectivity index (χ1) is 7.12. The number of ketones is 1. The number of fused-ring (bicyclic) bond motifs is 3. The van der Waals surface area contributed by atoms with Gasteiger partial charge in [-0.2, -0.15) is 0 Å². The summed E-state index contributed by atoms with van der Waals surface area (Å²) in [5.41, 5.74) is 2.19. The summed E-state index contributed by atoms with van der Waals surface area (Å²) >= 11 is 12.1. The van der Waals surface area contributed by atoms with Crippen molar-refractivity contribution in [2.24, 2.45) is 5.92 Å². The average Bonchev–Trinajstić information content (AvgIpc) is 2.26. The number of hydrogen-bond acceptors (Lipinski definition) is 1. The number of alkyl halides is 2. The van der Waals surface area contributed by atoms with Gasteiger partial charge in [0.2, 0.25) is 0 Å². The second-order valence-corrected chi connectivity index (χ2v) is 5.36. The molecule has 0 amide bonds. The second kappa shape index (κ2) is 2.87. The lowest BCUT2D eigenvalue weighted by Gasteiger charge is -2.46. The molecule has 1 saturated carbocycles. The number of carbonyl (C=O) groups is 1. The predicted molar refractivity (Wildman–Crippen MR) is 61.2 cm³/mol. The van der Waals surface area contributed by atoms with Crippen molar-refractivity contribution >= 4 is 35.1 Å². The van der Waals surface area contributed by atoms with Gasteiger partial charge in [-0.3, -0.25) is 4.79 Å². The first kappa shape index (κ1) is 9.44. The molecule has 1 aromatic rings. The van der Waals surface area contributed by atoms with E-state index in [1.165, 1.54) is 0 Å². The van der Waals surface area contributed by atoms with Crippen LogP contribution in [-0.4, -0.2) is 10.1 Å². The highest BCUT2D eigenvalue weighted by Gasteiger charge is 2.61. The van der Waals surface area contributed by atoms with E-state index in [0.29, 0.717) is 0 Å². The fourth-order valence-corrected chi connectivity index (χ4v) is 3.16. The minimum atomic E-state index is -1.23. The van der Waals surface area contributed by atoms with Gasteiger partial charge >= 0.3 is 0 Å². The second-order valence-electron chi connectivity index (χ2n) is 3.98. The van der Waals surface area contributed by atoms with Gasteiger partial charge in [-0.15, -0.1) is 0 Å². The summed E-state index contributed by atoms with van der Waals surface area (Å²) in [4.78, 5) is 11.6. The topological polar surface area (TPSA) is 17.1 Å². The van der Waals surface area contributed by atoms with Crippen LogP contribution in [0.3, 0.4) is 0 Å². The van der Waals surface area contributed by atoms with Crippen LogP contribution < -0.4 is 0 Å². The zero-order chi connectivity index (χ0) is 10.6. The van der Waals surface area contributed by atoms with Crippen molar-refractivity contribution in [2.45, 2.75) is 10.3 Å². The van der Waals surface area contributed by atoms with Crippen LogP contribution in [0.2, 0.25) is 0 Å². The van der Waals surface area contributed by atoms with Crippen molar-refractivity contribution in [3.8, 4) is 0 Å². The van der Waals surface area contributed by atoms with Gasteiger partial charge in [0.1, 0.15) is 0 Å². The van der Waals surface area contributed by atoms with Crippen LogP contribution in [0.4, 0.5) is 0 Å². The van der Waals surface area contributed by atoms with Crippen LogP contribution in [0.5, 0.6) is 0 Å². The molecular weight excluding hydrogens is 231 g/mol. The van der Waals surface area contributed by atoms with Crippen LogP contribution in [0.15, 0.2) is 30.3 Å². The van der Waals surface area contributed by atoms with E-state index in [2.05, 4.69) is 0 Å².